The minimum Gasteiger partial charge on any atom is -0.338 e. The van der Waals surface area contributed by atoms with E-state index in [1.165, 1.54) is 0 Å². The summed E-state index contributed by atoms with van der Waals surface area (Å²) in [4.78, 5) is 4.31. The van der Waals surface area contributed by atoms with Crippen molar-refractivity contribution in [3.8, 4) is 0 Å². The smallest absolute Gasteiger partial charge is 0.243 e. The van der Waals surface area contributed by atoms with E-state index in [2.05, 4.69) is 10.1 Å². The van der Waals surface area contributed by atoms with Crippen LogP contribution in [0.25, 0.3) is 0 Å². The van der Waals surface area contributed by atoms with E-state index in [0.29, 0.717) is 23.2 Å². The molecule has 2 aromatic rings. The molecular weight excluding hydrogens is 250 g/mol. The lowest BCUT2D eigenvalue weighted by atomic mass is 10.1. The Morgan fingerprint density at radius 2 is 2.06 bits per heavy atom. The lowest BCUT2D eigenvalue weighted by molar-refractivity contribution is 0.322. The van der Waals surface area contributed by atoms with Gasteiger partial charge in [-0.15, -0.1) is 0 Å². The van der Waals surface area contributed by atoms with E-state index in [0.717, 1.165) is 5.56 Å². The highest BCUT2D eigenvalue weighted by atomic mass is 35.5. The van der Waals surface area contributed by atoms with Crippen LogP contribution in [0.4, 0.5) is 0 Å². The van der Waals surface area contributed by atoms with Crippen molar-refractivity contribution in [3.63, 3.8) is 0 Å². The third-order valence-corrected chi connectivity index (χ3v) is 3.16. The van der Waals surface area contributed by atoms with Crippen molar-refractivity contribution >= 4 is 11.6 Å². The van der Waals surface area contributed by atoms with E-state index < -0.39 is 0 Å². The molecule has 0 amide bonds. The average molecular weight is 266 g/mol. The summed E-state index contributed by atoms with van der Waals surface area (Å²) < 4.78 is 5.17. The highest BCUT2D eigenvalue weighted by molar-refractivity contribution is 6.31. The molecule has 0 spiro atoms. The molecule has 0 aliphatic rings. The lowest BCUT2D eigenvalue weighted by Crippen LogP contribution is -2.17. The largest absolute Gasteiger partial charge is 0.338 e. The molecule has 5 heteroatoms. The number of halogens is 1. The molecule has 18 heavy (non-hydrogen) atoms. The summed E-state index contributed by atoms with van der Waals surface area (Å²) in [5.41, 5.74) is 6.93. The molecule has 2 N–H and O–H groups in total. The Balaban J connectivity index is 2.14. The first-order chi connectivity index (χ1) is 8.58. The van der Waals surface area contributed by atoms with E-state index in [-0.39, 0.29) is 12.0 Å². The third-order valence-electron chi connectivity index (χ3n) is 2.79. The van der Waals surface area contributed by atoms with Crippen molar-refractivity contribution < 1.29 is 4.52 Å². The van der Waals surface area contributed by atoms with Crippen LogP contribution in [0, 0.1) is 5.92 Å². The highest BCUT2D eigenvalue weighted by Crippen LogP contribution is 2.20. The van der Waals surface area contributed by atoms with Crippen molar-refractivity contribution in [1.82, 2.24) is 10.1 Å². The Morgan fingerprint density at radius 1 is 1.33 bits per heavy atom. The predicted molar refractivity (Wildman–Crippen MR) is 70.3 cm³/mol. The Bertz CT molecular complexity index is 524. The van der Waals surface area contributed by atoms with Gasteiger partial charge in [0.15, 0.2) is 5.82 Å². The summed E-state index contributed by atoms with van der Waals surface area (Å²) in [6.07, 6.45) is 0.550. The number of hydrogen-bond acceptors (Lipinski definition) is 4. The molecule has 1 aromatic heterocycles. The van der Waals surface area contributed by atoms with Crippen LogP contribution in [-0.2, 0) is 6.42 Å². The topological polar surface area (TPSA) is 64.9 Å². The number of hydrogen-bond donors (Lipinski definition) is 1. The Morgan fingerprint density at radius 3 is 2.72 bits per heavy atom. The van der Waals surface area contributed by atoms with Gasteiger partial charge in [-0.05, 0) is 17.5 Å². The minimum atomic E-state index is -0.225. The molecule has 1 atom stereocenters. The lowest BCUT2D eigenvalue weighted by Gasteiger charge is -2.09. The van der Waals surface area contributed by atoms with Gasteiger partial charge in [0, 0.05) is 11.4 Å². The minimum absolute atomic E-state index is 0.225. The van der Waals surface area contributed by atoms with E-state index in [9.17, 15) is 0 Å². The summed E-state index contributed by atoms with van der Waals surface area (Å²) in [5, 5.41) is 4.64. The molecule has 0 saturated heterocycles. The van der Waals surface area contributed by atoms with Crippen molar-refractivity contribution in [2.45, 2.75) is 26.3 Å². The van der Waals surface area contributed by atoms with Crippen LogP contribution in [0.3, 0.4) is 0 Å². The van der Waals surface area contributed by atoms with Gasteiger partial charge >= 0.3 is 0 Å². The first-order valence-corrected chi connectivity index (χ1v) is 6.27. The highest BCUT2D eigenvalue weighted by Gasteiger charge is 2.18. The zero-order chi connectivity index (χ0) is 13.1. The second-order valence-electron chi connectivity index (χ2n) is 4.59. The fourth-order valence-electron chi connectivity index (χ4n) is 1.57. The maximum atomic E-state index is 6.08. The average Bonchev–Trinajstić information content (AvgIpc) is 2.79. The number of aromatic nitrogens is 2. The molecule has 0 aliphatic heterocycles. The van der Waals surface area contributed by atoms with Crippen LogP contribution >= 0.6 is 11.6 Å². The molecule has 0 saturated carbocycles. The van der Waals surface area contributed by atoms with Gasteiger partial charge in [-0.25, -0.2) is 0 Å². The van der Waals surface area contributed by atoms with Crippen LogP contribution in [0.15, 0.2) is 28.8 Å². The molecule has 0 bridgehead atoms. The number of rotatable bonds is 4. The van der Waals surface area contributed by atoms with Crippen molar-refractivity contribution in [2.24, 2.45) is 11.7 Å². The van der Waals surface area contributed by atoms with E-state index >= 15 is 0 Å². The monoisotopic (exact) mass is 265 g/mol. The predicted octanol–water partition coefficient (Wildman–Crippen LogP) is 2.97. The van der Waals surface area contributed by atoms with Gasteiger partial charge in [-0.1, -0.05) is 48.8 Å². The Labute approximate surface area is 111 Å². The van der Waals surface area contributed by atoms with Crippen molar-refractivity contribution in [2.75, 3.05) is 0 Å². The molecule has 1 heterocycles. The van der Waals surface area contributed by atoms with Crippen molar-refractivity contribution in [1.29, 1.82) is 0 Å². The zero-order valence-electron chi connectivity index (χ0n) is 10.4. The molecular formula is C13H16ClN3O. The first kappa shape index (κ1) is 13.1. The Kier molecular flexibility index (Phi) is 3.99. The number of benzene rings is 1. The van der Waals surface area contributed by atoms with Crippen LogP contribution in [0.5, 0.6) is 0 Å². The second kappa shape index (κ2) is 5.50. The SMILES string of the molecule is CC(C)C(N)c1nc(Cc2ccccc2Cl)no1. The summed E-state index contributed by atoms with van der Waals surface area (Å²) >= 11 is 6.08. The van der Waals surface area contributed by atoms with Gasteiger partial charge < -0.3 is 10.3 Å². The van der Waals surface area contributed by atoms with Gasteiger partial charge in [0.2, 0.25) is 5.89 Å². The summed E-state index contributed by atoms with van der Waals surface area (Å²) in [6, 6.07) is 7.39. The fraction of sp³-hybridized carbons (Fsp3) is 0.385. The third kappa shape index (κ3) is 2.89. The van der Waals surface area contributed by atoms with E-state index in [1.54, 1.807) is 0 Å². The van der Waals surface area contributed by atoms with E-state index in [4.69, 9.17) is 21.9 Å². The molecule has 1 unspecified atom stereocenters. The molecule has 0 radical (unpaired) electrons. The summed E-state index contributed by atoms with van der Waals surface area (Å²) in [6.45, 7) is 4.03. The van der Waals surface area contributed by atoms with Gasteiger partial charge in [0.25, 0.3) is 0 Å². The summed E-state index contributed by atoms with van der Waals surface area (Å²) in [5.74, 6) is 1.35. The quantitative estimate of drug-likeness (QED) is 0.923. The van der Waals surface area contributed by atoms with Crippen LogP contribution in [0.2, 0.25) is 5.02 Å². The van der Waals surface area contributed by atoms with E-state index in [1.807, 2.05) is 38.1 Å². The van der Waals surface area contributed by atoms with Crippen LogP contribution in [0.1, 0.15) is 37.2 Å². The van der Waals surface area contributed by atoms with Gasteiger partial charge in [-0.3, -0.25) is 0 Å². The maximum Gasteiger partial charge on any atom is 0.243 e. The second-order valence-corrected chi connectivity index (χ2v) is 4.99. The van der Waals surface area contributed by atoms with Crippen LogP contribution in [-0.4, -0.2) is 10.1 Å². The fourth-order valence-corrected chi connectivity index (χ4v) is 1.77. The Hall–Kier alpha value is -1.39. The molecule has 2 rings (SSSR count). The molecule has 0 aliphatic carbocycles. The molecule has 96 valence electrons. The van der Waals surface area contributed by atoms with Gasteiger partial charge in [0.05, 0.1) is 6.04 Å². The summed E-state index contributed by atoms with van der Waals surface area (Å²) in [7, 11) is 0. The standard InChI is InChI=1S/C13H16ClN3O/c1-8(2)12(15)13-16-11(17-18-13)7-9-5-3-4-6-10(9)14/h3-6,8,12H,7,15H2,1-2H3. The molecule has 1 aromatic carbocycles. The first-order valence-electron chi connectivity index (χ1n) is 5.89. The van der Waals surface area contributed by atoms with Crippen molar-refractivity contribution in [3.05, 3.63) is 46.6 Å². The number of nitrogens with zero attached hydrogens (tertiary/aromatic N) is 2. The van der Waals surface area contributed by atoms with Gasteiger partial charge in [0.1, 0.15) is 0 Å². The normalized spacial score (nSPS) is 12.9. The molecule has 4 nitrogen and oxygen atoms in total. The zero-order valence-corrected chi connectivity index (χ0v) is 11.2. The molecule has 0 fully saturated rings. The number of nitrogens with two attached hydrogens (primary N) is 1. The van der Waals surface area contributed by atoms with Crippen LogP contribution < -0.4 is 5.73 Å². The van der Waals surface area contributed by atoms with Gasteiger partial charge in [-0.2, -0.15) is 4.98 Å². The maximum absolute atomic E-state index is 6.08.